The van der Waals surface area contributed by atoms with Crippen molar-refractivity contribution in [2.45, 2.75) is 32.7 Å². The Bertz CT molecular complexity index is 342. The van der Waals surface area contributed by atoms with Gasteiger partial charge in [0.2, 0.25) is 0 Å². The summed E-state index contributed by atoms with van der Waals surface area (Å²) in [5, 5.41) is 20.4. The van der Waals surface area contributed by atoms with Crippen molar-refractivity contribution < 1.29 is 15.0 Å². The van der Waals surface area contributed by atoms with Gasteiger partial charge in [0.05, 0.1) is 12.2 Å². The van der Waals surface area contributed by atoms with Crippen molar-refractivity contribution in [2.75, 3.05) is 13.2 Å². The predicted octanol–water partition coefficient (Wildman–Crippen LogP) is 2.56. The van der Waals surface area contributed by atoms with Crippen LogP contribution in [-0.2, 0) is 0 Å². The van der Waals surface area contributed by atoms with E-state index in [9.17, 15) is 4.79 Å². The fourth-order valence-corrected chi connectivity index (χ4v) is 1.10. The highest BCUT2D eigenvalue weighted by Crippen LogP contribution is 1.98. The van der Waals surface area contributed by atoms with Crippen LogP contribution < -0.4 is 5.32 Å². The molecule has 0 spiro atoms. The smallest absolute Gasteiger partial charge is 0.335 e. The van der Waals surface area contributed by atoms with Gasteiger partial charge in [0.15, 0.2) is 0 Å². The van der Waals surface area contributed by atoms with Crippen LogP contribution in [0.1, 0.15) is 37.6 Å². The molecule has 0 unspecified atom stereocenters. The summed E-state index contributed by atoms with van der Waals surface area (Å²) in [6.45, 7) is 7.27. The van der Waals surface area contributed by atoms with Crippen LogP contribution in [0.2, 0.25) is 0 Å². The van der Waals surface area contributed by atoms with Crippen LogP contribution in [0.4, 0.5) is 0 Å². The standard InChI is InChI=1S/C7H17NO.C7H6O2.ClH/c1-4-5-8-7(2,3)6-9;8-7(9)6-4-2-1-3-5-6;/h8-9H,4-6H2,1-3H3;1-5H,(H,8,9);1H. The zero-order chi connectivity index (χ0) is 14.0. The third-order valence-electron chi connectivity index (χ3n) is 2.27. The topological polar surface area (TPSA) is 69.6 Å². The Morgan fingerprint density at radius 2 is 1.79 bits per heavy atom. The molecule has 0 radical (unpaired) electrons. The summed E-state index contributed by atoms with van der Waals surface area (Å²) in [5.41, 5.74) is 0.230. The Labute approximate surface area is 121 Å². The van der Waals surface area contributed by atoms with Gasteiger partial charge in [0.25, 0.3) is 0 Å². The number of rotatable bonds is 5. The lowest BCUT2D eigenvalue weighted by atomic mass is 10.1. The Hall–Kier alpha value is -1.10. The molecule has 0 fully saturated rings. The Morgan fingerprint density at radius 3 is 2.11 bits per heavy atom. The normalized spacial score (nSPS) is 9.89. The highest BCUT2D eigenvalue weighted by Gasteiger charge is 2.13. The van der Waals surface area contributed by atoms with E-state index in [0.717, 1.165) is 13.0 Å². The molecule has 0 atom stereocenters. The molecule has 1 rings (SSSR count). The summed E-state index contributed by atoms with van der Waals surface area (Å²) in [7, 11) is 0. The second kappa shape index (κ2) is 10.8. The molecule has 0 bridgehead atoms. The number of carboxylic acid groups (broad SMARTS) is 1. The molecule has 0 aliphatic rings. The average Bonchev–Trinajstić information content (AvgIpc) is 2.38. The minimum absolute atomic E-state index is 0. The van der Waals surface area contributed by atoms with E-state index in [2.05, 4.69) is 12.2 Å². The monoisotopic (exact) mass is 289 g/mol. The molecule has 0 saturated heterocycles. The first kappa shape index (κ1) is 20.2. The summed E-state index contributed by atoms with van der Waals surface area (Å²) < 4.78 is 0. The van der Waals surface area contributed by atoms with E-state index in [1.807, 2.05) is 13.8 Å². The van der Waals surface area contributed by atoms with Crippen molar-refractivity contribution in [3.8, 4) is 0 Å². The molecule has 0 aliphatic heterocycles. The van der Waals surface area contributed by atoms with Gasteiger partial charge >= 0.3 is 5.97 Å². The summed E-state index contributed by atoms with van der Waals surface area (Å²) in [5.74, 6) is -0.879. The SMILES string of the molecule is CCCNC(C)(C)CO.Cl.O=C(O)c1ccccc1. The van der Waals surface area contributed by atoms with Crippen LogP contribution in [0.25, 0.3) is 0 Å². The first-order valence-corrected chi connectivity index (χ1v) is 6.07. The molecule has 5 heteroatoms. The zero-order valence-corrected chi connectivity index (χ0v) is 12.5. The molecule has 0 amide bonds. The molecule has 0 aliphatic carbocycles. The second-order valence-corrected chi connectivity index (χ2v) is 4.64. The van der Waals surface area contributed by atoms with Gasteiger partial charge in [-0.3, -0.25) is 0 Å². The van der Waals surface area contributed by atoms with E-state index in [4.69, 9.17) is 10.2 Å². The highest BCUT2D eigenvalue weighted by molar-refractivity contribution is 5.87. The van der Waals surface area contributed by atoms with Crippen molar-refractivity contribution in [3.05, 3.63) is 35.9 Å². The largest absolute Gasteiger partial charge is 0.478 e. The highest BCUT2D eigenvalue weighted by atomic mass is 35.5. The van der Waals surface area contributed by atoms with Crippen LogP contribution >= 0.6 is 12.4 Å². The minimum atomic E-state index is -0.879. The van der Waals surface area contributed by atoms with Crippen molar-refractivity contribution in [1.29, 1.82) is 0 Å². The van der Waals surface area contributed by atoms with Gasteiger partial charge in [-0.1, -0.05) is 25.1 Å². The lowest BCUT2D eigenvalue weighted by Gasteiger charge is -2.22. The van der Waals surface area contributed by atoms with E-state index in [0.29, 0.717) is 5.56 Å². The molecule has 0 saturated carbocycles. The molecule has 1 aromatic rings. The molecule has 110 valence electrons. The third-order valence-corrected chi connectivity index (χ3v) is 2.27. The van der Waals surface area contributed by atoms with Gasteiger partial charge in [0.1, 0.15) is 0 Å². The van der Waals surface area contributed by atoms with Crippen LogP contribution in [0.15, 0.2) is 30.3 Å². The predicted molar refractivity (Wildman–Crippen MR) is 80.1 cm³/mol. The number of aliphatic hydroxyl groups excluding tert-OH is 1. The maximum atomic E-state index is 10.2. The molecule has 3 N–H and O–H groups in total. The summed E-state index contributed by atoms with van der Waals surface area (Å²) in [6.07, 6.45) is 1.11. The Kier molecular flexibility index (Phi) is 11.5. The summed E-state index contributed by atoms with van der Waals surface area (Å²) >= 11 is 0. The van der Waals surface area contributed by atoms with Gasteiger partial charge in [-0.15, -0.1) is 12.4 Å². The van der Waals surface area contributed by atoms with Crippen LogP contribution in [0, 0.1) is 0 Å². The van der Waals surface area contributed by atoms with Gasteiger partial charge in [-0.2, -0.15) is 0 Å². The fraction of sp³-hybridized carbons (Fsp3) is 0.500. The Balaban J connectivity index is 0. The van der Waals surface area contributed by atoms with Crippen molar-refractivity contribution in [3.63, 3.8) is 0 Å². The maximum Gasteiger partial charge on any atom is 0.335 e. The number of halogens is 1. The lowest BCUT2D eigenvalue weighted by molar-refractivity contribution is 0.0697. The van der Waals surface area contributed by atoms with Crippen LogP contribution in [0.3, 0.4) is 0 Å². The molecule has 1 aromatic carbocycles. The van der Waals surface area contributed by atoms with Gasteiger partial charge in [0, 0.05) is 5.54 Å². The quantitative estimate of drug-likeness (QED) is 0.779. The molecule has 0 aromatic heterocycles. The van der Waals surface area contributed by atoms with Crippen LogP contribution in [-0.4, -0.2) is 34.9 Å². The summed E-state index contributed by atoms with van der Waals surface area (Å²) in [4.78, 5) is 10.2. The lowest BCUT2D eigenvalue weighted by Crippen LogP contribution is -2.42. The molecule has 0 heterocycles. The number of aromatic carboxylic acids is 1. The number of hydrogen-bond donors (Lipinski definition) is 3. The van der Waals surface area contributed by atoms with Crippen molar-refractivity contribution >= 4 is 18.4 Å². The molecule has 4 nitrogen and oxygen atoms in total. The fourth-order valence-electron chi connectivity index (χ4n) is 1.10. The molecular formula is C14H24ClNO3. The second-order valence-electron chi connectivity index (χ2n) is 4.64. The number of benzene rings is 1. The molecular weight excluding hydrogens is 266 g/mol. The number of carboxylic acids is 1. The minimum Gasteiger partial charge on any atom is -0.478 e. The zero-order valence-electron chi connectivity index (χ0n) is 11.7. The van der Waals surface area contributed by atoms with Crippen molar-refractivity contribution in [2.24, 2.45) is 0 Å². The van der Waals surface area contributed by atoms with Crippen molar-refractivity contribution in [1.82, 2.24) is 5.32 Å². The maximum absolute atomic E-state index is 10.2. The number of hydrogen-bond acceptors (Lipinski definition) is 3. The van der Waals surface area contributed by atoms with Gasteiger partial charge < -0.3 is 15.5 Å². The first-order valence-electron chi connectivity index (χ1n) is 6.07. The third kappa shape index (κ3) is 10.5. The van der Waals surface area contributed by atoms with Crippen LogP contribution in [0.5, 0.6) is 0 Å². The van der Waals surface area contributed by atoms with E-state index in [-0.39, 0.29) is 24.6 Å². The number of aliphatic hydroxyl groups is 1. The average molecular weight is 290 g/mol. The van der Waals surface area contributed by atoms with E-state index < -0.39 is 5.97 Å². The number of nitrogens with one attached hydrogen (secondary N) is 1. The van der Waals surface area contributed by atoms with E-state index >= 15 is 0 Å². The van der Waals surface area contributed by atoms with E-state index in [1.54, 1.807) is 30.3 Å². The summed E-state index contributed by atoms with van der Waals surface area (Å²) in [6, 6.07) is 8.30. The van der Waals surface area contributed by atoms with E-state index in [1.165, 1.54) is 0 Å². The van der Waals surface area contributed by atoms with Gasteiger partial charge in [-0.25, -0.2) is 4.79 Å². The first-order chi connectivity index (χ1) is 8.43. The van der Waals surface area contributed by atoms with Gasteiger partial charge in [-0.05, 0) is 38.9 Å². The number of carbonyl (C=O) groups is 1. The molecule has 19 heavy (non-hydrogen) atoms. The Morgan fingerprint density at radius 1 is 1.26 bits per heavy atom.